The molecule has 1 aromatic rings. The molecule has 0 aromatic heterocycles. The number of amides is 1. The van der Waals surface area contributed by atoms with E-state index in [0.29, 0.717) is 11.3 Å². The number of carbonyl (C=O) groups is 1. The molecule has 0 spiro atoms. The molecule has 2 N–H and O–H groups in total. The zero-order chi connectivity index (χ0) is 23.6. The van der Waals surface area contributed by atoms with Gasteiger partial charge in [-0.1, -0.05) is 26.5 Å². The van der Waals surface area contributed by atoms with E-state index in [4.69, 9.17) is 10.5 Å². The Balaban J connectivity index is 3.56. The molecule has 0 saturated carbocycles. The fraction of sp³-hybridized carbons (Fsp3) is 0.333. The van der Waals surface area contributed by atoms with Crippen LogP contribution >= 0.6 is 0 Å². The maximum absolute atomic E-state index is 12.1. The number of aliphatic imine (C=N–C) groups is 2. The number of nitriles is 1. The Kier molecular flexibility index (Phi) is 9.93. The Morgan fingerprint density at radius 3 is 2.61 bits per heavy atom. The van der Waals surface area contributed by atoms with Crippen LogP contribution in [-0.2, 0) is 4.79 Å². The van der Waals surface area contributed by atoms with Crippen LogP contribution in [0.25, 0.3) is 0 Å². The van der Waals surface area contributed by atoms with Crippen LogP contribution in [0, 0.1) is 17.2 Å². The van der Waals surface area contributed by atoms with Crippen LogP contribution in [0.1, 0.15) is 38.3 Å². The van der Waals surface area contributed by atoms with Crippen molar-refractivity contribution in [2.24, 2.45) is 21.6 Å². The molecule has 7 nitrogen and oxygen atoms in total. The number of nitrogens with two attached hydrogens (primary N) is 1. The standard InChI is InChI=1S/C24H31N5O2/c1-8-16(3)15-28-23(17(4)9-2)19-11-10-18(14-25)12-21(19)31-22(27-5)13-20(26)24(30)29(6)7/h8,10-13,15,17H,1,9,26H2,2-7H3/b16-15-,20-13?,27-22?,28-23?. The molecule has 1 amide bonds. The van der Waals surface area contributed by atoms with E-state index in [1.807, 2.05) is 6.92 Å². The summed E-state index contributed by atoms with van der Waals surface area (Å²) in [4.78, 5) is 22.2. The van der Waals surface area contributed by atoms with Gasteiger partial charge in [0.2, 0.25) is 5.90 Å². The summed E-state index contributed by atoms with van der Waals surface area (Å²) in [7, 11) is 4.75. The lowest BCUT2D eigenvalue weighted by molar-refractivity contribution is -0.124. The van der Waals surface area contributed by atoms with Gasteiger partial charge in [-0.3, -0.25) is 14.8 Å². The highest BCUT2D eigenvalue weighted by atomic mass is 16.5. The van der Waals surface area contributed by atoms with Crippen molar-refractivity contribution in [3.8, 4) is 11.8 Å². The summed E-state index contributed by atoms with van der Waals surface area (Å²) in [5.41, 5.74) is 8.76. The molecule has 0 saturated heterocycles. The molecule has 0 aliphatic carbocycles. The number of ether oxygens (including phenoxy) is 1. The molecule has 31 heavy (non-hydrogen) atoms. The van der Waals surface area contributed by atoms with Crippen molar-refractivity contribution in [3.05, 3.63) is 65.5 Å². The van der Waals surface area contributed by atoms with E-state index in [1.54, 1.807) is 44.6 Å². The van der Waals surface area contributed by atoms with Gasteiger partial charge in [-0.05, 0) is 43.0 Å². The highest BCUT2D eigenvalue weighted by molar-refractivity contribution is 6.06. The van der Waals surface area contributed by atoms with Crippen LogP contribution < -0.4 is 10.5 Å². The zero-order valence-corrected chi connectivity index (χ0v) is 19.1. The van der Waals surface area contributed by atoms with Crippen LogP contribution in [0.2, 0.25) is 0 Å². The summed E-state index contributed by atoms with van der Waals surface area (Å²) in [6, 6.07) is 7.26. The first-order valence-corrected chi connectivity index (χ1v) is 9.93. The van der Waals surface area contributed by atoms with Gasteiger partial charge in [-0.2, -0.15) is 5.26 Å². The maximum Gasteiger partial charge on any atom is 0.269 e. The highest BCUT2D eigenvalue weighted by Gasteiger charge is 2.18. The molecular weight excluding hydrogens is 390 g/mol. The summed E-state index contributed by atoms with van der Waals surface area (Å²) in [6.45, 7) is 9.82. The minimum Gasteiger partial charge on any atom is -0.439 e. The van der Waals surface area contributed by atoms with E-state index < -0.39 is 0 Å². The number of hydrogen-bond donors (Lipinski definition) is 1. The average molecular weight is 422 g/mol. The molecule has 0 radical (unpaired) electrons. The van der Waals surface area contributed by atoms with Gasteiger partial charge in [0.25, 0.3) is 5.91 Å². The maximum atomic E-state index is 12.1. The average Bonchev–Trinajstić information content (AvgIpc) is 2.77. The fourth-order valence-electron chi connectivity index (χ4n) is 2.47. The second-order valence-electron chi connectivity index (χ2n) is 7.19. The molecule has 0 heterocycles. The Morgan fingerprint density at radius 2 is 2.10 bits per heavy atom. The molecule has 1 atom stereocenters. The number of carbonyl (C=O) groups excluding carboxylic acids is 1. The van der Waals surface area contributed by atoms with Crippen LogP contribution in [0.4, 0.5) is 0 Å². The summed E-state index contributed by atoms with van der Waals surface area (Å²) < 4.78 is 6.00. The Bertz CT molecular complexity index is 978. The van der Waals surface area contributed by atoms with Gasteiger partial charge in [0.05, 0.1) is 17.3 Å². The van der Waals surface area contributed by atoms with Crippen molar-refractivity contribution >= 4 is 17.5 Å². The molecule has 1 aromatic carbocycles. The number of benzene rings is 1. The van der Waals surface area contributed by atoms with Crippen molar-refractivity contribution in [2.45, 2.75) is 27.2 Å². The van der Waals surface area contributed by atoms with Crippen LogP contribution in [-0.4, -0.2) is 43.6 Å². The van der Waals surface area contributed by atoms with Gasteiger partial charge < -0.3 is 15.4 Å². The molecule has 0 fully saturated rings. The molecule has 0 aliphatic heterocycles. The number of likely N-dealkylation sites (N-methyl/N-ethyl adjacent to an activating group) is 1. The molecule has 0 bridgehead atoms. The van der Waals surface area contributed by atoms with E-state index in [2.05, 4.69) is 36.5 Å². The molecular formula is C24H31N5O2. The topological polar surface area (TPSA) is 104 Å². The van der Waals surface area contributed by atoms with Gasteiger partial charge in [-0.25, -0.2) is 0 Å². The second kappa shape index (κ2) is 12.1. The first kappa shape index (κ1) is 25.4. The van der Waals surface area contributed by atoms with E-state index in [1.165, 1.54) is 18.0 Å². The first-order chi connectivity index (χ1) is 14.7. The van der Waals surface area contributed by atoms with E-state index in [-0.39, 0.29) is 23.4 Å². The third kappa shape index (κ3) is 7.27. The fourth-order valence-corrected chi connectivity index (χ4v) is 2.47. The van der Waals surface area contributed by atoms with Gasteiger partial charge in [0.15, 0.2) is 0 Å². The quantitative estimate of drug-likeness (QED) is 0.298. The largest absolute Gasteiger partial charge is 0.439 e. The number of hydrogen-bond acceptors (Lipinski definition) is 6. The summed E-state index contributed by atoms with van der Waals surface area (Å²) >= 11 is 0. The van der Waals surface area contributed by atoms with Gasteiger partial charge in [0, 0.05) is 39.0 Å². The number of rotatable bonds is 8. The van der Waals surface area contributed by atoms with Crippen LogP contribution in [0.5, 0.6) is 5.75 Å². The van der Waals surface area contributed by atoms with Gasteiger partial charge in [-0.15, -0.1) is 0 Å². The van der Waals surface area contributed by atoms with Crippen molar-refractivity contribution in [1.82, 2.24) is 4.90 Å². The molecule has 0 aliphatic rings. The lowest BCUT2D eigenvalue weighted by Gasteiger charge is -2.17. The predicted octanol–water partition coefficient (Wildman–Crippen LogP) is 3.82. The predicted molar refractivity (Wildman–Crippen MR) is 126 cm³/mol. The summed E-state index contributed by atoms with van der Waals surface area (Å²) in [5, 5.41) is 9.36. The van der Waals surface area contributed by atoms with Gasteiger partial charge >= 0.3 is 0 Å². The molecule has 7 heteroatoms. The van der Waals surface area contributed by atoms with E-state index >= 15 is 0 Å². The third-order valence-electron chi connectivity index (χ3n) is 4.56. The third-order valence-corrected chi connectivity index (χ3v) is 4.56. The molecule has 164 valence electrons. The monoisotopic (exact) mass is 421 g/mol. The minimum atomic E-state index is -0.359. The zero-order valence-electron chi connectivity index (χ0n) is 19.1. The van der Waals surface area contributed by atoms with E-state index in [9.17, 15) is 10.1 Å². The van der Waals surface area contributed by atoms with Crippen LogP contribution in [0.3, 0.4) is 0 Å². The number of nitrogens with zero attached hydrogens (tertiary/aromatic N) is 4. The van der Waals surface area contributed by atoms with Crippen LogP contribution in [0.15, 0.2) is 64.4 Å². The minimum absolute atomic E-state index is 0.0102. The first-order valence-electron chi connectivity index (χ1n) is 9.93. The van der Waals surface area contributed by atoms with Crippen molar-refractivity contribution in [2.75, 3.05) is 21.1 Å². The Morgan fingerprint density at radius 1 is 1.42 bits per heavy atom. The van der Waals surface area contributed by atoms with Crippen molar-refractivity contribution in [1.29, 1.82) is 5.26 Å². The smallest absolute Gasteiger partial charge is 0.269 e. The SMILES string of the molecule is C=C/C(C)=C\N=C(c1ccc(C#N)cc1OC(C=C(N)C(=O)N(C)C)=NC)C(C)CC. The Labute approximate surface area is 184 Å². The normalized spacial score (nSPS) is 14.0. The summed E-state index contributed by atoms with van der Waals surface area (Å²) in [5.74, 6) is 0.319. The lowest BCUT2D eigenvalue weighted by atomic mass is 9.94. The van der Waals surface area contributed by atoms with Crippen molar-refractivity contribution in [3.63, 3.8) is 0 Å². The van der Waals surface area contributed by atoms with Crippen molar-refractivity contribution < 1.29 is 9.53 Å². The summed E-state index contributed by atoms with van der Waals surface area (Å²) in [6.07, 6.45) is 5.70. The highest BCUT2D eigenvalue weighted by Crippen LogP contribution is 2.26. The van der Waals surface area contributed by atoms with E-state index in [0.717, 1.165) is 23.3 Å². The molecule has 1 rings (SSSR count). The lowest BCUT2D eigenvalue weighted by Crippen LogP contribution is -2.28. The second-order valence-corrected chi connectivity index (χ2v) is 7.19. The molecule has 1 unspecified atom stereocenters. The van der Waals surface area contributed by atoms with Gasteiger partial charge in [0.1, 0.15) is 11.4 Å². The Hall–Kier alpha value is -3.66. The number of allylic oxidation sites excluding steroid dienone is 2.